The molecule has 2 aromatic rings. The minimum absolute atomic E-state index is 0.134. The highest BCUT2D eigenvalue weighted by molar-refractivity contribution is 6.31. The van der Waals surface area contributed by atoms with Crippen LogP contribution in [-0.4, -0.2) is 35.9 Å². The standard InChI is InChI=1S/C26H32ClFN2O3/c1-3-24(26(32)29-19-10-5-4-6-11-19)30(17-18-9-7-12-20(15-18)33-2)25(31)16-21-22(27)13-8-14-23(21)28/h7-9,12-15,19,24H,3-6,10-11,16-17H2,1-2H3,(H,29,32)/t24-/m0/s1. The highest BCUT2D eigenvalue weighted by atomic mass is 35.5. The van der Waals surface area contributed by atoms with E-state index in [4.69, 9.17) is 16.3 Å². The molecule has 1 aliphatic rings. The lowest BCUT2D eigenvalue weighted by Gasteiger charge is -2.33. The van der Waals surface area contributed by atoms with Gasteiger partial charge in [0.15, 0.2) is 0 Å². The number of carbonyl (C=O) groups excluding carboxylic acids is 2. The molecule has 5 nitrogen and oxygen atoms in total. The Hall–Kier alpha value is -2.60. The first-order chi connectivity index (χ1) is 15.9. The SMILES string of the molecule is CC[C@@H](C(=O)NC1CCCCC1)N(Cc1cccc(OC)c1)C(=O)Cc1c(F)cccc1Cl. The lowest BCUT2D eigenvalue weighted by atomic mass is 9.95. The molecule has 1 N–H and O–H groups in total. The molecule has 7 heteroatoms. The summed E-state index contributed by atoms with van der Waals surface area (Å²) < 4.78 is 19.7. The molecule has 1 aliphatic carbocycles. The van der Waals surface area contributed by atoms with Crippen LogP contribution in [0.3, 0.4) is 0 Å². The fourth-order valence-corrected chi connectivity index (χ4v) is 4.62. The number of ether oxygens (including phenoxy) is 1. The molecule has 0 heterocycles. The number of hydrogen-bond acceptors (Lipinski definition) is 3. The van der Waals surface area contributed by atoms with E-state index in [1.165, 1.54) is 23.5 Å². The molecular weight excluding hydrogens is 443 g/mol. The summed E-state index contributed by atoms with van der Waals surface area (Å²) in [5.41, 5.74) is 0.966. The normalized spacial score (nSPS) is 15.0. The predicted octanol–water partition coefficient (Wildman–Crippen LogP) is 5.29. The van der Waals surface area contributed by atoms with Gasteiger partial charge in [0.2, 0.25) is 11.8 Å². The van der Waals surface area contributed by atoms with Gasteiger partial charge in [-0.05, 0) is 49.1 Å². The van der Waals surface area contributed by atoms with Crippen molar-refractivity contribution in [3.63, 3.8) is 0 Å². The Bertz CT molecular complexity index is 942. The van der Waals surface area contributed by atoms with Crippen molar-refractivity contribution in [2.45, 2.75) is 70.5 Å². The Labute approximate surface area is 200 Å². The van der Waals surface area contributed by atoms with E-state index in [9.17, 15) is 14.0 Å². The average molecular weight is 475 g/mol. The van der Waals surface area contributed by atoms with Gasteiger partial charge < -0.3 is 15.0 Å². The van der Waals surface area contributed by atoms with Crippen LogP contribution in [0.1, 0.15) is 56.6 Å². The summed E-state index contributed by atoms with van der Waals surface area (Å²) in [6, 6.07) is 11.2. The molecule has 178 valence electrons. The molecule has 1 saturated carbocycles. The van der Waals surface area contributed by atoms with E-state index in [-0.39, 0.29) is 41.4 Å². The molecule has 0 unspecified atom stereocenters. The highest BCUT2D eigenvalue weighted by Gasteiger charge is 2.31. The van der Waals surface area contributed by atoms with Gasteiger partial charge in [0.1, 0.15) is 17.6 Å². The molecule has 0 bridgehead atoms. The van der Waals surface area contributed by atoms with Gasteiger partial charge in [-0.3, -0.25) is 9.59 Å². The molecule has 1 fully saturated rings. The Kier molecular flexibility index (Phi) is 9.12. The zero-order chi connectivity index (χ0) is 23.8. The van der Waals surface area contributed by atoms with Crippen molar-refractivity contribution in [3.05, 3.63) is 64.4 Å². The number of benzene rings is 2. The van der Waals surface area contributed by atoms with Crippen molar-refractivity contribution in [2.24, 2.45) is 0 Å². The summed E-state index contributed by atoms with van der Waals surface area (Å²) in [5.74, 6) is -0.385. The number of methoxy groups -OCH3 is 1. The van der Waals surface area contributed by atoms with Crippen LogP contribution < -0.4 is 10.1 Å². The van der Waals surface area contributed by atoms with E-state index < -0.39 is 11.9 Å². The van der Waals surface area contributed by atoms with Gasteiger partial charge in [-0.25, -0.2) is 4.39 Å². The Morgan fingerprint density at radius 3 is 2.58 bits per heavy atom. The molecule has 0 aromatic heterocycles. The van der Waals surface area contributed by atoms with Gasteiger partial charge in [0, 0.05) is 23.2 Å². The van der Waals surface area contributed by atoms with Crippen LogP contribution >= 0.6 is 11.6 Å². The number of amides is 2. The Morgan fingerprint density at radius 1 is 1.18 bits per heavy atom. The summed E-state index contributed by atoms with van der Waals surface area (Å²) in [6.45, 7) is 2.09. The zero-order valence-electron chi connectivity index (χ0n) is 19.3. The van der Waals surface area contributed by atoms with Gasteiger partial charge in [-0.1, -0.05) is 56.0 Å². The topological polar surface area (TPSA) is 58.6 Å². The Morgan fingerprint density at radius 2 is 1.91 bits per heavy atom. The van der Waals surface area contributed by atoms with Crippen LogP contribution in [0, 0.1) is 5.82 Å². The highest BCUT2D eigenvalue weighted by Crippen LogP contribution is 2.24. The van der Waals surface area contributed by atoms with Crippen LogP contribution in [-0.2, 0) is 22.6 Å². The van der Waals surface area contributed by atoms with Crippen molar-refractivity contribution in [1.82, 2.24) is 10.2 Å². The number of rotatable bonds is 9. The van der Waals surface area contributed by atoms with Crippen molar-refractivity contribution < 1.29 is 18.7 Å². The third-order valence-electron chi connectivity index (χ3n) is 6.21. The average Bonchev–Trinajstić information content (AvgIpc) is 2.82. The summed E-state index contributed by atoms with van der Waals surface area (Å²) in [4.78, 5) is 28.3. The molecule has 0 aliphatic heterocycles. The molecule has 0 radical (unpaired) electrons. The van der Waals surface area contributed by atoms with E-state index in [1.54, 1.807) is 13.2 Å². The summed E-state index contributed by atoms with van der Waals surface area (Å²) in [6.07, 6.45) is 5.52. The molecule has 3 rings (SSSR count). The quantitative estimate of drug-likeness (QED) is 0.537. The summed E-state index contributed by atoms with van der Waals surface area (Å²) in [5, 5.41) is 3.34. The molecule has 2 amide bonds. The Balaban J connectivity index is 1.86. The van der Waals surface area contributed by atoms with Crippen molar-refractivity contribution in [3.8, 4) is 5.75 Å². The molecule has 2 aromatic carbocycles. The largest absolute Gasteiger partial charge is 0.497 e. The predicted molar refractivity (Wildman–Crippen MR) is 128 cm³/mol. The molecule has 1 atom stereocenters. The second-order valence-electron chi connectivity index (χ2n) is 8.52. The van der Waals surface area contributed by atoms with Gasteiger partial charge >= 0.3 is 0 Å². The monoisotopic (exact) mass is 474 g/mol. The van der Waals surface area contributed by atoms with Gasteiger partial charge in [-0.15, -0.1) is 0 Å². The van der Waals surface area contributed by atoms with Crippen LogP contribution in [0.4, 0.5) is 4.39 Å². The molecule has 0 spiro atoms. The van der Waals surface area contributed by atoms with E-state index in [0.717, 1.165) is 31.2 Å². The third-order valence-corrected chi connectivity index (χ3v) is 6.57. The first kappa shape index (κ1) is 25.0. The van der Waals surface area contributed by atoms with E-state index in [2.05, 4.69) is 5.32 Å². The van der Waals surface area contributed by atoms with E-state index >= 15 is 0 Å². The van der Waals surface area contributed by atoms with Gasteiger partial charge in [-0.2, -0.15) is 0 Å². The molecule has 33 heavy (non-hydrogen) atoms. The van der Waals surface area contributed by atoms with Crippen LogP contribution in [0.5, 0.6) is 5.75 Å². The fourth-order valence-electron chi connectivity index (χ4n) is 4.39. The summed E-state index contributed by atoms with van der Waals surface area (Å²) in [7, 11) is 1.58. The van der Waals surface area contributed by atoms with Gasteiger partial charge in [0.05, 0.1) is 13.5 Å². The summed E-state index contributed by atoms with van der Waals surface area (Å²) >= 11 is 6.18. The van der Waals surface area contributed by atoms with Crippen LogP contribution in [0.2, 0.25) is 5.02 Å². The lowest BCUT2D eigenvalue weighted by molar-refractivity contribution is -0.141. The first-order valence-corrected chi connectivity index (χ1v) is 12.0. The first-order valence-electron chi connectivity index (χ1n) is 11.6. The third kappa shape index (κ3) is 6.70. The number of nitrogens with zero attached hydrogens (tertiary/aromatic N) is 1. The minimum atomic E-state index is -0.670. The lowest BCUT2D eigenvalue weighted by Crippen LogP contribution is -2.52. The van der Waals surface area contributed by atoms with Crippen molar-refractivity contribution in [2.75, 3.05) is 7.11 Å². The smallest absolute Gasteiger partial charge is 0.243 e. The molecule has 0 saturated heterocycles. The maximum atomic E-state index is 14.4. The second kappa shape index (κ2) is 12.0. The zero-order valence-corrected chi connectivity index (χ0v) is 20.0. The van der Waals surface area contributed by atoms with Crippen molar-refractivity contribution >= 4 is 23.4 Å². The number of carbonyl (C=O) groups is 2. The maximum absolute atomic E-state index is 14.4. The van der Waals surface area contributed by atoms with Crippen LogP contribution in [0.25, 0.3) is 0 Å². The number of nitrogens with one attached hydrogen (secondary N) is 1. The second-order valence-corrected chi connectivity index (χ2v) is 8.92. The maximum Gasteiger partial charge on any atom is 0.243 e. The number of halogens is 2. The van der Waals surface area contributed by atoms with E-state index in [0.29, 0.717) is 12.2 Å². The van der Waals surface area contributed by atoms with Crippen molar-refractivity contribution in [1.29, 1.82) is 0 Å². The number of hydrogen-bond donors (Lipinski definition) is 1. The molecular formula is C26H32ClFN2O3. The van der Waals surface area contributed by atoms with Crippen LogP contribution in [0.15, 0.2) is 42.5 Å². The fraction of sp³-hybridized carbons (Fsp3) is 0.462. The van der Waals surface area contributed by atoms with Gasteiger partial charge in [0.25, 0.3) is 0 Å². The van der Waals surface area contributed by atoms with E-state index in [1.807, 2.05) is 31.2 Å². The minimum Gasteiger partial charge on any atom is -0.497 e.